The van der Waals surface area contributed by atoms with Crippen LogP contribution < -0.4 is 10.1 Å². The lowest BCUT2D eigenvalue weighted by atomic mass is 10.1. The highest BCUT2D eigenvalue weighted by atomic mass is 32.1. The Morgan fingerprint density at radius 1 is 1.35 bits per heavy atom. The minimum atomic E-state index is 0.441. The summed E-state index contributed by atoms with van der Waals surface area (Å²) in [5.41, 5.74) is 3.17. The third-order valence-electron chi connectivity index (χ3n) is 2.49. The topological polar surface area (TPSA) is 47.0 Å². The van der Waals surface area contributed by atoms with Crippen LogP contribution >= 0.6 is 11.5 Å². The van der Waals surface area contributed by atoms with Gasteiger partial charge in [-0.25, -0.2) is 0 Å². The minimum Gasteiger partial charge on any atom is -0.487 e. The van der Waals surface area contributed by atoms with E-state index in [9.17, 15) is 0 Å². The van der Waals surface area contributed by atoms with E-state index in [1.807, 2.05) is 20.0 Å². The van der Waals surface area contributed by atoms with Crippen LogP contribution in [0.2, 0.25) is 0 Å². The number of hydrogen-bond acceptors (Lipinski definition) is 5. The first kappa shape index (κ1) is 11.9. The molecule has 0 aliphatic heterocycles. The summed E-state index contributed by atoms with van der Waals surface area (Å²) in [7, 11) is 1.86. The van der Waals surface area contributed by atoms with Crippen molar-refractivity contribution in [3.63, 3.8) is 0 Å². The molecule has 0 radical (unpaired) electrons. The van der Waals surface area contributed by atoms with Crippen LogP contribution in [0.15, 0.2) is 18.2 Å². The second-order valence-electron chi connectivity index (χ2n) is 3.86. The molecule has 2 rings (SSSR count). The Balaban J connectivity index is 2.09. The van der Waals surface area contributed by atoms with Gasteiger partial charge in [0.25, 0.3) is 0 Å². The molecule has 17 heavy (non-hydrogen) atoms. The largest absolute Gasteiger partial charge is 0.487 e. The van der Waals surface area contributed by atoms with Crippen molar-refractivity contribution in [2.75, 3.05) is 12.4 Å². The average molecular weight is 249 g/mol. The molecule has 0 saturated heterocycles. The fraction of sp³-hybridized carbons (Fsp3) is 0.333. The Bertz CT molecular complexity index is 510. The summed E-state index contributed by atoms with van der Waals surface area (Å²) >= 11 is 1.34. The van der Waals surface area contributed by atoms with Gasteiger partial charge in [0, 0.05) is 18.6 Å². The predicted molar refractivity (Wildman–Crippen MR) is 69.7 cm³/mol. The van der Waals surface area contributed by atoms with Crippen molar-refractivity contribution in [1.29, 1.82) is 0 Å². The van der Waals surface area contributed by atoms with E-state index < -0.39 is 0 Å². The molecule has 0 aliphatic rings. The van der Waals surface area contributed by atoms with Crippen molar-refractivity contribution in [1.82, 2.24) is 9.59 Å². The average Bonchev–Trinajstić information content (AvgIpc) is 2.77. The van der Waals surface area contributed by atoms with Gasteiger partial charge in [0.15, 0.2) is 0 Å². The van der Waals surface area contributed by atoms with E-state index in [1.54, 1.807) is 0 Å². The van der Waals surface area contributed by atoms with Crippen LogP contribution in [-0.4, -0.2) is 16.6 Å². The van der Waals surface area contributed by atoms with Crippen LogP contribution in [0.5, 0.6) is 5.75 Å². The van der Waals surface area contributed by atoms with Gasteiger partial charge in [-0.2, -0.15) is 0 Å². The van der Waals surface area contributed by atoms with Gasteiger partial charge in [0.2, 0.25) is 0 Å². The summed E-state index contributed by atoms with van der Waals surface area (Å²) in [5, 5.41) is 8.04. The Morgan fingerprint density at radius 3 is 2.94 bits per heavy atom. The number of rotatable bonds is 4. The highest BCUT2D eigenvalue weighted by molar-refractivity contribution is 7.10. The molecule has 0 amide bonds. The molecular weight excluding hydrogens is 234 g/mol. The van der Waals surface area contributed by atoms with Gasteiger partial charge in [0.05, 0.1) is 0 Å². The highest BCUT2D eigenvalue weighted by Gasteiger charge is 2.08. The van der Waals surface area contributed by atoms with Gasteiger partial charge in [-0.15, -0.1) is 5.10 Å². The number of hydrogen-bond donors (Lipinski definition) is 1. The number of anilines is 1. The van der Waals surface area contributed by atoms with Gasteiger partial charge in [-0.1, -0.05) is 16.6 Å². The van der Waals surface area contributed by atoms with Gasteiger partial charge in [-0.05, 0) is 31.0 Å². The van der Waals surface area contributed by atoms with E-state index in [0.29, 0.717) is 6.61 Å². The molecule has 0 spiro atoms. The number of benzene rings is 1. The van der Waals surface area contributed by atoms with E-state index in [4.69, 9.17) is 4.74 Å². The molecule has 90 valence electrons. The second-order valence-corrected chi connectivity index (χ2v) is 4.61. The van der Waals surface area contributed by atoms with Crippen LogP contribution in [0.4, 0.5) is 5.00 Å². The molecule has 0 aliphatic carbocycles. The fourth-order valence-corrected chi connectivity index (χ4v) is 2.02. The first-order chi connectivity index (χ1) is 8.20. The molecule has 1 heterocycles. The van der Waals surface area contributed by atoms with Crippen LogP contribution in [-0.2, 0) is 6.61 Å². The van der Waals surface area contributed by atoms with Crippen LogP contribution in [0.25, 0.3) is 0 Å². The molecule has 2 aromatic rings. The summed E-state index contributed by atoms with van der Waals surface area (Å²) < 4.78 is 9.66. The maximum Gasteiger partial charge on any atom is 0.136 e. The lowest BCUT2D eigenvalue weighted by Gasteiger charge is -2.09. The molecule has 0 bridgehead atoms. The van der Waals surface area contributed by atoms with Crippen molar-refractivity contribution in [2.24, 2.45) is 0 Å². The molecule has 0 saturated carbocycles. The predicted octanol–water partition coefficient (Wildman–Crippen LogP) is 2.78. The van der Waals surface area contributed by atoms with Crippen molar-refractivity contribution >= 4 is 16.5 Å². The summed E-state index contributed by atoms with van der Waals surface area (Å²) in [6, 6.07) is 6.17. The van der Waals surface area contributed by atoms with Crippen molar-refractivity contribution < 1.29 is 4.74 Å². The smallest absolute Gasteiger partial charge is 0.136 e. The molecule has 0 atom stereocenters. The maximum atomic E-state index is 5.77. The van der Waals surface area contributed by atoms with Gasteiger partial charge < -0.3 is 10.1 Å². The van der Waals surface area contributed by atoms with Crippen LogP contribution in [0.3, 0.4) is 0 Å². The number of aryl methyl sites for hydroxylation is 2. The molecule has 0 fully saturated rings. The van der Waals surface area contributed by atoms with E-state index in [0.717, 1.165) is 22.0 Å². The van der Waals surface area contributed by atoms with Gasteiger partial charge in [-0.3, -0.25) is 0 Å². The third kappa shape index (κ3) is 2.74. The van der Waals surface area contributed by atoms with Gasteiger partial charge >= 0.3 is 0 Å². The van der Waals surface area contributed by atoms with Crippen LogP contribution in [0, 0.1) is 13.8 Å². The molecule has 1 aromatic carbocycles. The SMILES string of the molecule is CNc1snnc1COc1cc(C)ccc1C. The first-order valence-corrected chi connectivity index (χ1v) is 6.17. The normalized spacial score (nSPS) is 10.3. The standard InChI is InChI=1S/C12H15N3OS/c1-8-4-5-9(2)11(6-8)16-7-10-12(13-3)17-15-14-10/h4-6,13H,7H2,1-3H3. The van der Waals surface area contributed by atoms with Crippen molar-refractivity contribution in [3.8, 4) is 5.75 Å². The number of ether oxygens (including phenoxy) is 1. The van der Waals surface area contributed by atoms with E-state index in [2.05, 4.69) is 34.0 Å². The van der Waals surface area contributed by atoms with E-state index in [1.165, 1.54) is 17.1 Å². The zero-order valence-corrected chi connectivity index (χ0v) is 11.0. The third-order valence-corrected chi connectivity index (χ3v) is 3.28. The van der Waals surface area contributed by atoms with Gasteiger partial charge in [0.1, 0.15) is 23.1 Å². The highest BCUT2D eigenvalue weighted by Crippen LogP contribution is 2.22. The molecule has 5 heteroatoms. The zero-order chi connectivity index (χ0) is 12.3. The van der Waals surface area contributed by atoms with E-state index in [-0.39, 0.29) is 0 Å². The fourth-order valence-electron chi connectivity index (χ4n) is 1.50. The molecule has 1 aromatic heterocycles. The number of nitrogens with zero attached hydrogens (tertiary/aromatic N) is 2. The zero-order valence-electron chi connectivity index (χ0n) is 10.2. The quantitative estimate of drug-likeness (QED) is 0.905. The minimum absolute atomic E-state index is 0.441. The maximum absolute atomic E-state index is 5.77. The Morgan fingerprint density at radius 2 is 2.18 bits per heavy atom. The number of nitrogens with one attached hydrogen (secondary N) is 1. The first-order valence-electron chi connectivity index (χ1n) is 5.39. The summed E-state index contributed by atoms with van der Waals surface area (Å²) in [4.78, 5) is 0. The second kappa shape index (κ2) is 5.14. The summed E-state index contributed by atoms with van der Waals surface area (Å²) in [6.07, 6.45) is 0. The Labute approximate surface area is 105 Å². The van der Waals surface area contributed by atoms with Crippen molar-refractivity contribution in [3.05, 3.63) is 35.0 Å². The lowest BCUT2D eigenvalue weighted by Crippen LogP contribution is -2.00. The Hall–Kier alpha value is -1.62. The number of aromatic nitrogens is 2. The monoisotopic (exact) mass is 249 g/mol. The molecule has 4 nitrogen and oxygen atoms in total. The molecular formula is C12H15N3OS. The van der Waals surface area contributed by atoms with Crippen molar-refractivity contribution in [2.45, 2.75) is 20.5 Å². The summed E-state index contributed by atoms with van der Waals surface area (Å²) in [5.74, 6) is 0.903. The van der Waals surface area contributed by atoms with E-state index >= 15 is 0 Å². The molecule has 1 N–H and O–H groups in total. The molecule has 0 unspecified atom stereocenters. The summed E-state index contributed by atoms with van der Waals surface area (Å²) in [6.45, 7) is 4.53. The lowest BCUT2D eigenvalue weighted by molar-refractivity contribution is 0.299. The Kier molecular flexibility index (Phi) is 3.58. The van der Waals surface area contributed by atoms with Crippen LogP contribution in [0.1, 0.15) is 16.8 Å².